The lowest BCUT2D eigenvalue weighted by Gasteiger charge is -2.29. The summed E-state index contributed by atoms with van der Waals surface area (Å²) in [7, 11) is 1.34. The Morgan fingerprint density at radius 1 is 1.37 bits per heavy atom. The van der Waals surface area contributed by atoms with Crippen LogP contribution < -0.4 is 4.74 Å². The third kappa shape index (κ3) is 3.70. The zero-order chi connectivity index (χ0) is 19.4. The highest BCUT2D eigenvalue weighted by Gasteiger charge is 2.41. The van der Waals surface area contributed by atoms with E-state index in [9.17, 15) is 19.1 Å². The van der Waals surface area contributed by atoms with Gasteiger partial charge in [-0.3, -0.25) is 9.59 Å². The summed E-state index contributed by atoms with van der Waals surface area (Å²) in [5.41, 5.74) is 1.11. The van der Waals surface area contributed by atoms with E-state index in [4.69, 9.17) is 9.47 Å². The van der Waals surface area contributed by atoms with Gasteiger partial charge in [-0.25, -0.2) is 4.39 Å². The van der Waals surface area contributed by atoms with Crippen molar-refractivity contribution < 1.29 is 28.6 Å². The zero-order valence-corrected chi connectivity index (χ0v) is 14.7. The lowest BCUT2D eigenvalue weighted by molar-refractivity contribution is -0.144. The summed E-state index contributed by atoms with van der Waals surface area (Å²) in [4.78, 5) is 25.9. The van der Waals surface area contributed by atoms with Gasteiger partial charge >= 0.3 is 0 Å². The number of aliphatic hydroxyl groups is 1. The fraction of sp³-hybridized carbons (Fsp3) is 0.300. The highest BCUT2D eigenvalue weighted by Crippen LogP contribution is 2.34. The number of methoxy groups -OCH3 is 1. The largest absolute Gasteiger partial charge is 0.494 e. The quantitative estimate of drug-likeness (QED) is 0.785. The van der Waals surface area contributed by atoms with Crippen LogP contribution in [-0.4, -0.2) is 48.8 Å². The summed E-state index contributed by atoms with van der Waals surface area (Å²) in [6, 6.07) is 12.8. The van der Waals surface area contributed by atoms with Gasteiger partial charge in [-0.15, -0.1) is 0 Å². The molecule has 1 aliphatic rings. The van der Waals surface area contributed by atoms with Crippen LogP contribution in [0.2, 0.25) is 0 Å². The van der Waals surface area contributed by atoms with Crippen molar-refractivity contribution in [3.63, 3.8) is 0 Å². The van der Waals surface area contributed by atoms with Gasteiger partial charge in [0, 0.05) is 0 Å². The number of ether oxygens (including phenoxy) is 2. The van der Waals surface area contributed by atoms with E-state index in [2.05, 4.69) is 0 Å². The van der Waals surface area contributed by atoms with E-state index >= 15 is 0 Å². The monoisotopic (exact) mass is 373 g/mol. The van der Waals surface area contributed by atoms with Gasteiger partial charge in [0.2, 0.25) is 5.91 Å². The highest BCUT2D eigenvalue weighted by atomic mass is 19.1. The van der Waals surface area contributed by atoms with Crippen LogP contribution in [0.5, 0.6) is 5.75 Å². The lowest BCUT2D eigenvalue weighted by atomic mass is 9.96. The minimum Gasteiger partial charge on any atom is -0.494 e. The molecule has 3 rings (SSSR count). The van der Waals surface area contributed by atoms with E-state index < -0.39 is 36.5 Å². The zero-order valence-electron chi connectivity index (χ0n) is 14.7. The van der Waals surface area contributed by atoms with Gasteiger partial charge in [0.05, 0.1) is 32.3 Å². The molecule has 0 aliphatic carbocycles. The maximum Gasteiger partial charge on any atom is 0.235 e. The van der Waals surface area contributed by atoms with E-state index in [1.54, 1.807) is 0 Å². The topological polar surface area (TPSA) is 76.1 Å². The Bertz CT molecular complexity index is 813. The second-order valence-electron chi connectivity index (χ2n) is 6.16. The summed E-state index contributed by atoms with van der Waals surface area (Å²) >= 11 is 0. The van der Waals surface area contributed by atoms with E-state index in [1.165, 1.54) is 24.1 Å². The molecule has 1 aliphatic heterocycles. The first-order valence-corrected chi connectivity index (χ1v) is 8.49. The normalized spacial score (nSPS) is 20.3. The van der Waals surface area contributed by atoms with Crippen molar-refractivity contribution in [1.29, 1.82) is 0 Å². The van der Waals surface area contributed by atoms with Gasteiger partial charge in [-0.1, -0.05) is 36.4 Å². The smallest absolute Gasteiger partial charge is 0.235 e. The van der Waals surface area contributed by atoms with Crippen LogP contribution in [0, 0.1) is 5.82 Å². The third-order valence-corrected chi connectivity index (χ3v) is 4.65. The van der Waals surface area contributed by atoms with Crippen LogP contribution in [0.1, 0.15) is 23.1 Å². The number of nitrogens with zero attached hydrogens (tertiary/aromatic N) is 1. The minimum atomic E-state index is -1.06. The molecule has 142 valence electrons. The molecule has 2 aromatic carbocycles. The number of carbonyl (C=O) groups is 2. The fourth-order valence-electron chi connectivity index (χ4n) is 3.25. The van der Waals surface area contributed by atoms with Gasteiger partial charge in [-0.2, -0.15) is 0 Å². The molecule has 0 saturated carbocycles. The number of amides is 1. The number of carbonyl (C=O) groups excluding carboxylic acids is 2. The van der Waals surface area contributed by atoms with Crippen molar-refractivity contribution in [2.45, 2.75) is 18.2 Å². The molecule has 6 nitrogen and oxygen atoms in total. The third-order valence-electron chi connectivity index (χ3n) is 4.65. The molecule has 1 amide bonds. The van der Waals surface area contributed by atoms with Gasteiger partial charge < -0.3 is 19.5 Å². The summed E-state index contributed by atoms with van der Waals surface area (Å²) < 4.78 is 24.4. The molecule has 27 heavy (non-hydrogen) atoms. The molecule has 1 fully saturated rings. The highest BCUT2D eigenvalue weighted by molar-refractivity contribution is 5.86. The van der Waals surface area contributed by atoms with E-state index in [0.717, 1.165) is 11.6 Å². The van der Waals surface area contributed by atoms with Crippen LogP contribution >= 0.6 is 0 Å². The Hall–Kier alpha value is -2.77. The molecule has 0 aromatic heterocycles. The first kappa shape index (κ1) is 19.0. The van der Waals surface area contributed by atoms with Crippen molar-refractivity contribution in [2.24, 2.45) is 0 Å². The molecule has 3 atom stereocenters. The average Bonchev–Trinajstić information content (AvgIpc) is 3.13. The fourth-order valence-corrected chi connectivity index (χ4v) is 3.25. The summed E-state index contributed by atoms with van der Waals surface area (Å²) in [5, 5.41) is 9.81. The first-order valence-electron chi connectivity index (χ1n) is 8.49. The van der Waals surface area contributed by atoms with Crippen LogP contribution in [0.15, 0.2) is 48.5 Å². The molecule has 1 saturated heterocycles. The maximum absolute atomic E-state index is 14.1. The summed E-state index contributed by atoms with van der Waals surface area (Å²) in [6.45, 7) is -0.373. The summed E-state index contributed by atoms with van der Waals surface area (Å²) in [5.74, 6) is -2.13. The molecule has 1 N–H and O–H groups in total. The number of benzene rings is 2. The molecule has 0 radical (unpaired) electrons. The van der Waals surface area contributed by atoms with Gasteiger partial charge in [-0.05, 0) is 23.3 Å². The Morgan fingerprint density at radius 3 is 2.70 bits per heavy atom. The lowest BCUT2D eigenvalue weighted by Crippen LogP contribution is -2.42. The predicted octanol–water partition coefficient (Wildman–Crippen LogP) is 2.04. The number of halogens is 1. The molecular weight excluding hydrogens is 353 g/mol. The van der Waals surface area contributed by atoms with E-state index in [0.29, 0.717) is 11.8 Å². The Morgan fingerprint density at radius 2 is 2.11 bits per heavy atom. The second-order valence-corrected chi connectivity index (χ2v) is 6.16. The van der Waals surface area contributed by atoms with Crippen LogP contribution in [0.25, 0.3) is 0 Å². The SMILES string of the molecule is COc1ccc([C@@H](CO)C(=O)N2C(C=O)OC[C@H]2c2ccccc2)cc1F. The Labute approximate surface area is 156 Å². The number of aldehydes is 1. The van der Waals surface area contributed by atoms with Crippen molar-refractivity contribution in [3.05, 3.63) is 65.5 Å². The molecule has 0 spiro atoms. The maximum atomic E-state index is 14.1. The molecule has 1 unspecified atom stereocenters. The van der Waals surface area contributed by atoms with Crippen LogP contribution in [0.3, 0.4) is 0 Å². The molecule has 7 heteroatoms. The number of aliphatic hydroxyl groups excluding tert-OH is 1. The van der Waals surface area contributed by atoms with E-state index in [1.807, 2.05) is 30.3 Å². The van der Waals surface area contributed by atoms with Gasteiger partial charge in [0.15, 0.2) is 24.1 Å². The molecular formula is C20H20FNO5. The van der Waals surface area contributed by atoms with E-state index in [-0.39, 0.29) is 12.4 Å². The van der Waals surface area contributed by atoms with Crippen molar-refractivity contribution >= 4 is 12.2 Å². The molecule has 0 bridgehead atoms. The number of hydrogen-bond donors (Lipinski definition) is 1. The number of rotatable bonds is 6. The minimum absolute atomic E-state index is 0.0420. The van der Waals surface area contributed by atoms with Crippen molar-refractivity contribution in [3.8, 4) is 5.75 Å². The van der Waals surface area contributed by atoms with Crippen LogP contribution in [-0.2, 0) is 14.3 Å². The predicted molar refractivity (Wildman–Crippen MR) is 94.6 cm³/mol. The second kappa shape index (κ2) is 8.28. The van der Waals surface area contributed by atoms with Crippen molar-refractivity contribution in [1.82, 2.24) is 4.90 Å². The Kier molecular flexibility index (Phi) is 5.83. The van der Waals surface area contributed by atoms with Crippen LogP contribution in [0.4, 0.5) is 4.39 Å². The molecule has 1 heterocycles. The standard InChI is InChI=1S/C20H20FNO5/c1-26-18-8-7-14(9-16(18)21)15(10-23)20(25)22-17(12-27-19(22)11-24)13-5-3-2-4-6-13/h2-9,11,15,17,19,23H,10,12H2,1H3/t15-,17+,19?/m1/s1. The Balaban J connectivity index is 1.94. The van der Waals surface area contributed by atoms with Gasteiger partial charge in [0.25, 0.3) is 0 Å². The first-order chi connectivity index (χ1) is 13.1. The summed E-state index contributed by atoms with van der Waals surface area (Å²) in [6.07, 6.45) is -0.510. The van der Waals surface area contributed by atoms with Gasteiger partial charge in [0.1, 0.15) is 0 Å². The average molecular weight is 373 g/mol. The molecule has 2 aromatic rings. The number of hydrogen-bond acceptors (Lipinski definition) is 5. The van der Waals surface area contributed by atoms with Crippen molar-refractivity contribution in [2.75, 3.05) is 20.3 Å².